The summed E-state index contributed by atoms with van der Waals surface area (Å²) in [7, 11) is 0. The number of nitrogen functional groups attached to an aromatic ring is 1. The van der Waals surface area contributed by atoms with E-state index in [0.717, 1.165) is 19.4 Å². The van der Waals surface area contributed by atoms with E-state index >= 15 is 0 Å². The molecule has 1 amide bonds. The van der Waals surface area contributed by atoms with Crippen LogP contribution in [0.2, 0.25) is 5.02 Å². The van der Waals surface area contributed by atoms with Gasteiger partial charge in [0.05, 0.1) is 5.56 Å². The molecule has 0 spiro atoms. The van der Waals surface area contributed by atoms with E-state index in [1.807, 2.05) is 4.90 Å². The maximum atomic E-state index is 12.5. The van der Waals surface area contributed by atoms with E-state index in [-0.39, 0.29) is 5.91 Å². The monoisotopic (exact) mass is 264 g/mol. The Balaban J connectivity index is 1.81. The van der Waals surface area contributed by atoms with Crippen LogP contribution in [0, 0.1) is 5.92 Å². The van der Waals surface area contributed by atoms with Crippen molar-refractivity contribution in [2.45, 2.75) is 31.7 Å². The Morgan fingerprint density at radius 2 is 2.06 bits per heavy atom. The van der Waals surface area contributed by atoms with Gasteiger partial charge in [-0.2, -0.15) is 0 Å². The number of amides is 1. The summed E-state index contributed by atoms with van der Waals surface area (Å²) < 4.78 is 0. The Labute approximate surface area is 112 Å². The van der Waals surface area contributed by atoms with Crippen molar-refractivity contribution < 1.29 is 4.79 Å². The second-order valence-corrected chi connectivity index (χ2v) is 5.80. The first-order chi connectivity index (χ1) is 8.65. The van der Waals surface area contributed by atoms with Gasteiger partial charge in [0.1, 0.15) is 0 Å². The van der Waals surface area contributed by atoms with Crippen LogP contribution < -0.4 is 5.73 Å². The van der Waals surface area contributed by atoms with Crippen molar-refractivity contribution >= 4 is 23.2 Å². The van der Waals surface area contributed by atoms with Crippen molar-refractivity contribution in [3.8, 4) is 0 Å². The topological polar surface area (TPSA) is 46.3 Å². The molecule has 4 heteroatoms. The predicted octanol–water partition coefficient (Wildman–Crippen LogP) is 2.94. The van der Waals surface area contributed by atoms with Gasteiger partial charge in [0.15, 0.2) is 0 Å². The fourth-order valence-corrected chi connectivity index (χ4v) is 2.43. The van der Waals surface area contributed by atoms with Gasteiger partial charge in [-0.3, -0.25) is 4.79 Å². The number of anilines is 1. The van der Waals surface area contributed by atoms with Crippen molar-refractivity contribution in [1.29, 1.82) is 0 Å². The van der Waals surface area contributed by atoms with Crippen molar-refractivity contribution in [2.75, 3.05) is 12.3 Å². The zero-order chi connectivity index (χ0) is 12.7. The molecular formula is C14H17ClN2O. The molecule has 2 saturated carbocycles. The van der Waals surface area contributed by atoms with Crippen molar-refractivity contribution in [3.05, 3.63) is 28.8 Å². The zero-order valence-corrected chi connectivity index (χ0v) is 11.0. The van der Waals surface area contributed by atoms with Crippen LogP contribution in [-0.4, -0.2) is 23.4 Å². The molecule has 96 valence electrons. The van der Waals surface area contributed by atoms with Gasteiger partial charge in [0.2, 0.25) is 0 Å². The maximum Gasteiger partial charge on any atom is 0.256 e. The smallest absolute Gasteiger partial charge is 0.256 e. The van der Waals surface area contributed by atoms with Gasteiger partial charge in [-0.1, -0.05) is 11.6 Å². The van der Waals surface area contributed by atoms with Crippen LogP contribution in [0.4, 0.5) is 5.69 Å². The van der Waals surface area contributed by atoms with Gasteiger partial charge in [0, 0.05) is 23.3 Å². The Bertz CT molecular complexity index is 481. The van der Waals surface area contributed by atoms with Crippen LogP contribution in [0.25, 0.3) is 0 Å². The normalized spacial score (nSPS) is 18.7. The summed E-state index contributed by atoms with van der Waals surface area (Å²) in [5, 5.41) is 0.573. The molecule has 0 radical (unpaired) electrons. The molecule has 2 aliphatic rings. The fourth-order valence-electron chi connectivity index (χ4n) is 2.25. The summed E-state index contributed by atoms with van der Waals surface area (Å²) in [6, 6.07) is 5.56. The first-order valence-electron chi connectivity index (χ1n) is 6.51. The van der Waals surface area contributed by atoms with Crippen molar-refractivity contribution in [2.24, 2.45) is 5.92 Å². The molecular weight excluding hydrogens is 248 g/mol. The van der Waals surface area contributed by atoms with E-state index in [1.54, 1.807) is 18.2 Å². The van der Waals surface area contributed by atoms with Gasteiger partial charge >= 0.3 is 0 Å². The highest BCUT2D eigenvalue weighted by Gasteiger charge is 2.37. The zero-order valence-electron chi connectivity index (χ0n) is 10.2. The number of hydrogen-bond donors (Lipinski definition) is 1. The van der Waals surface area contributed by atoms with Crippen molar-refractivity contribution in [1.82, 2.24) is 4.90 Å². The molecule has 0 atom stereocenters. The quantitative estimate of drug-likeness (QED) is 0.850. The Hall–Kier alpha value is -1.22. The maximum absolute atomic E-state index is 12.5. The van der Waals surface area contributed by atoms with Crippen LogP contribution in [0.15, 0.2) is 18.2 Å². The highest BCUT2D eigenvalue weighted by atomic mass is 35.5. The van der Waals surface area contributed by atoms with E-state index in [2.05, 4.69) is 0 Å². The van der Waals surface area contributed by atoms with Gasteiger partial charge in [-0.15, -0.1) is 0 Å². The van der Waals surface area contributed by atoms with Gasteiger partial charge < -0.3 is 10.6 Å². The SMILES string of the molecule is Nc1cc(Cl)ccc1C(=O)N(CC1CC1)C1CC1. The molecule has 1 aromatic carbocycles. The number of nitrogens with zero attached hydrogens (tertiary/aromatic N) is 1. The van der Waals surface area contributed by atoms with Gasteiger partial charge in [-0.25, -0.2) is 0 Å². The van der Waals surface area contributed by atoms with Crippen LogP contribution in [-0.2, 0) is 0 Å². The van der Waals surface area contributed by atoms with Crippen LogP contribution in [0.3, 0.4) is 0 Å². The van der Waals surface area contributed by atoms with Crippen molar-refractivity contribution in [3.63, 3.8) is 0 Å². The summed E-state index contributed by atoms with van der Waals surface area (Å²) in [5.74, 6) is 0.779. The predicted molar refractivity (Wildman–Crippen MR) is 72.6 cm³/mol. The Kier molecular flexibility index (Phi) is 2.94. The molecule has 2 fully saturated rings. The molecule has 0 aromatic heterocycles. The fraction of sp³-hybridized carbons (Fsp3) is 0.500. The number of carbonyl (C=O) groups is 1. The minimum Gasteiger partial charge on any atom is -0.398 e. The van der Waals surface area contributed by atoms with E-state index in [4.69, 9.17) is 17.3 Å². The lowest BCUT2D eigenvalue weighted by atomic mass is 10.1. The number of rotatable bonds is 4. The molecule has 1 aromatic rings. The largest absolute Gasteiger partial charge is 0.398 e. The summed E-state index contributed by atoms with van der Waals surface area (Å²) in [6.45, 7) is 0.894. The molecule has 2 N–H and O–H groups in total. The highest BCUT2D eigenvalue weighted by molar-refractivity contribution is 6.31. The third kappa shape index (κ3) is 2.46. The summed E-state index contributed by atoms with van der Waals surface area (Å²) >= 11 is 5.87. The van der Waals surface area contributed by atoms with E-state index in [9.17, 15) is 4.79 Å². The minimum atomic E-state index is 0.0681. The molecule has 0 heterocycles. The molecule has 0 aliphatic heterocycles. The lowest BCUT2D eigenvalue weighted by Gasteiger charge is -2.23. The number of nitrogens with two attached hydrogens (primary N) is 1. The lowest BCUT2D eigenvalue weighted by molar-refractivity contribution is 0.0736. The first-order valence-corrected chi connectivity index (χ1v) is 6.89. The van der Waals surface area contributed by atoms with E-state index < -0.39 is 0 Å². The van der Waals surface area contributed by atoms with Gasteiger partial charge in [-0.05, 0) is 49.8 Å². The first kappa shape index (κ1) is 11.8. The number of halogens is 1. The van der Waals surface area contributed by atoms with Crippen LogP contribution in [0.5, 0.6) is 0 Å². The third-order valence-corrected chi connectivity index (χ3v) is 3.88. The van der Waals surface area contributed by atoms with E-state index in [0.29, 0.717) is 28.2 Å². The molecule has 2 aliphatic carbocycles. The average Bonchev–Trinajstić information content (AvgIpc) is 3.18. The van der Waals surface area contributed by atoms with Crippen LogP contribution >= 0.6 is 11.6 Å². The second kappa shape index (κ2) is 4.47. The van der Waals surface area contributed by atoms with Gasteiger partial charge in [0.25, 0.3) is 5.91 Å². The summed E-state index contributed by atoms with van der Waals surface area (Å²) in [4.78, 5) is 14.5. The Morgan fingerprint density at radius 3 is 2.61 bits per heavy atom. The number of carbonyl (C=O) groups excluding carboxylic acids is 1. The second-order valence-electron chi connectivity index (χ2n) is 5.36. The molecule has 0 saturated heterocycles. The van der Waals surface area contributed by atoms with Crippen LogP contribution in [0.1, 0.15) is 36.0 Å². The summed E-state index contributed by atoms with van der Waals surface area (Å²) in [5.41, 5.74) is 6.97. The molecule has 0 unspecified atom stereocenters. The Morgan fingerprint density at radius 1 is 1.33 bits per heavy atom. The third-order valence-electron chi connectivity index (χ3n) is 3.64. The molecule has 0 bridgehead atoms. The molecule has 3 nitrogen and oxygen atoms in total. The standard InChI is InChI=1S/C14H17ClN2O/c15-10-3-6-12(13(16)7-10)14(18)17(11-4-5-11)8-9-1-2-9/h3,6-7,9,11H,1-2,4-5,8,16H2. The lowest BCUT2D eigenvalue weighted by Crippen LogP contribution is -2.35. The highest BCUT2D eigenvalue weighted by Crippen LogP contribution is 2.36. The number of benzene rings is 1. The molecule has 18 heavy (non-hydrogen) atoms. The minimum absolute atomic E-state index is 0.0681. The summed E-state index contributed by atoms with van der Waals surface area (Å²) in [6.07, 6.45) is 4.77. The molecule has 3 rings (SSSR count). The average molecular weight is 265 g/mol. The number of hydrogen-bond acceptors (Lipinski definition) is 2. The van der Waals surface area contributed by atoms with E-state index in [1.165, 1.54) is 12.8 Å².